The highest BCUT2D eigenvalue weighted by molar-refractivity contribution is 7.13. The zero-order chi connectivity index (χ0) is 14.4. The lowest BCUT2D eigenvalue weighted by Gasteiger charge is -2.26. The fourth-order valence-corrected chi connectivity index (χ4v) is 3.57. The largest absolute Gasteiger partial charge is 0.469 e. The van der Waals surface area contributed by atoms with Gasteiger partial charge in [-0.2, -0.15) is 0 Å². The van der Waals surface area contributed by atoms with E-state index >= 15 is 0 Å². The van der Waals surface area contributed by atoms with Crippen molar-refractivity contribution in [3.8, 4) is 0 Å². The fourth-order valence-electron chi connectivity index (χ4n) is 2.81. The van der Waals surface area contributed by atoms with Gasteiger partial charge in [-0.3, -0.25) is 4.79 Å². The lowest BCUT2D eigenvalue weighted by Crippen LogP contribution is -2.20. The number of thiazole rings is 1. The van der Waals surface area contributed by atoms with E-state index in [1.807, 2.05) is 5.38 Å². The van der Waals surface area contributed by atoms with Crippen molar-refractivity contribution >= 4 is 22.4 Å². The summed E-state index contributed by atoms with van der Waals surface area (Å²) in [6.07, 6.45) is 6.46. The Bertz CT molecular complexity index is 433. The zero-order valence-corrected chi connectivity index (χ0v) is 13.2. The van der Waals surface area contributed by atoms with Gasteiger partial charge >= 0.3 is 5.97 Å². The van der Waals surface area contributed by atoms with E-state index in [-0.39, 0.29) is 5.97 Å². The summed E-state index contributed by atoms with van der Waals surface area (Å²) in [5.74, 6) is 1.47. The minimum atomic E-state index is -0.177. The topological polar surface area (TPSA) is 51.2 Å². The Hall–Kier alpha value is -1.10. The Balaban J connectivity index is 1.73. The van der Waals surface area contributed by atoms with E-state index in [0.717, 1.165) is 29.2 Å². The molecule has 112 valence electrons. The molecule has 1 fully saturated rings. The van der Waals surface area contributed by atoms with E-state index in [4.69, 9.17) is 0 Å². The molecule has 20 heavy (non-hydrogen) atoms. The smallest absolute Gasteiger partial charge is 0.305 e. The van der Waals surface area contributed by atoms with E-state index in [9.17, 15) is 4.79 Å². The van der Waals surface area contributed by atoms with Crippen LogP contribution >= 0.6 is 11.3 Å². The summed E-state index contributed by atoms with van der Waals surface area (Å²) < 4.78 is 4.64. The van der Waals surface area contributed by atoms with Crippen LogP contribution in [0, 0.1) is 11.8 Å². The third kappa shape index (κ3) is 4.78. The van der Waals surface area contributed by atoms with E-state index in [2.05, 4.69) is 22.0 Å². The average Bonchev–Trinajstić information content (AvgIpc) is 2.90. The van der Waals surface area contributed by atoms with Crippen molar-refractivity contribution in [1.82, 2.24) is 4.98 Å². The number of methoxy groups -OCH3 is 1. The molecule has 5 heteroatoms. The highest BCUT2D eigenvalue weighted by atomic mass is 32.1. The monoisotopic (exact) mass is 296 g/mol. The van der Waals surface area contributed by atoms with Gasteiger partial charge in [0.15, 0.2) is 5.13 Å². The number of esters is 1. The highest BCUT2D eigenvalue weighted by Crippen LogP contribution is 2.29. The summed E-state index contributed by atoms with van der Waals surface area (Å²) in [6.45, 7) is 3.37. The number of carbonyl (C=O) groups is 1. The number of aromatic nitrogens is 1. The molecule has 0 spiro atoms. The fraction of sp³-hybridized carbons (Fsp3) is 0.733. The number of anilines is 1. The van der Waals surface area contributed by atoms with Crippen LogP contribution in [0.5, 0.6) is 0 Å². The van der Waals surface area contributed by atoms with Crippen LogP contribution in [0.15, 0.2) is 5.38 Å². The number of nitrogens with one attached hydrogen (secondary N) is 1. The van der Waals surface area contributed by atoms with Gasteiger partial charge in [-0.1, -0.05) is 19.8 Å². The molecule has 1 aromatic heterocycles. The van der Waals surface area contributed by atoms with Crippen LogP contribution in [0.25, 0.3) is 0 Å². The van der Waals surface area contributed by atoms with Crippen LogP contribution in [0.3, 0.4) is 0 Å². The lowest BCUT2D eigenvalue weighted by molar-refractivity contribution is -0.140. The van der Waals surface area contributed by atoms with Crippen molar-refractivity contribution in [2.24, 2.45) is 11.8 Å². The molecule has 1 saturated carbocycles. The maximum absolute atomic E-state index is 11.1. The number of nitrogens with zero attached hydrogens (tertiary/aromatic N) is 1. The minimum absolute atomic E-state index is 0.177. The SMILES string of the molecule is COC(=O)CCc1csc(NCC2CCCC(C)C2)n1. The molecule has 0 aliphatic heterocycles. The molecule has 1 N–H and O–H groups in total. The molecule has 0 bridgehead atoms. The first kappa shape index (κ1) is 15.3. The van der Waals surface area contributed by atoms with Gasteiger partial charge in [0, 0.05) is 18.3 Å². The second-order valence-electron chi connectivity index (χ2n) is 5.74. The van der Waals surface area contributed by atoms with Crippen molar-refractivity contribution in [2.75, 3.05) is 19.0 Å². The van der Waals surface area contributed by atoms with Gasteiger partial charge in [0.1, 0.15) is 0 Å². The van der Waals surface area contributed by atoms with Crippen molar-refractivity contribution in [1.29, 1.82) is 0 Å². The molecule has 1 aliphatic rings. The number of aryl methyl sites for hydroxylation is 1. The summed E-state index contributed by atoms with van der Waals surface area (Å²) in [4.78, 5) is 15.6. The molecule has 0 amide bonds. The summed E-state index contributed by atoms with van der Waals surface area (Å²) in [7, 11) is 1.42. The molecule has 0 radical (unpaired) electrons. The normalized spacial score (nSPS) is 22.5. The Morgan fingerprint density at radius 3 is 3.15 bits per heavy atom. The standard InChI is InChI=1S/C15H24N2O2S/c1-11-4-3-5-12(8-11)9-16-15-17-13(10-20-15)6-7-14(18)19-2/h10-12H,3-9H2,1-2H3,(H,16,17). The first-order chi connectivity index (χ1) is 9.67. The molecule has 2 rings (SSSR count). The molecule has 0 saturated heterocycles. The maximum atomic E-state index is 11.1. The van der Waals surface area contributed by atoms with E-state index < -0.39 is 0 Å². The van der Waals surface area contributed by atoms with Gasteiger partial charge in [0.05, 0.1) is 19.2 Å². The van der Waals surface area contributed by atoms with Crippen molar-refractivity contribution in [2.45, 2.75) is 45.4 Å². The van der Waals surface area contributed by atoms with Crippen LogP contribution < -0.4 is 5.32 Å². The maximum Gasteiger partial charge on any atom is 0.305 e. The van der Waals surface area contributed by atoms with Gasteiger partial charge in [0.2, 0.25) is 0 Å². The second-order valence-corrected chi connectivity index (χ2v) is 6.60. The number of hydrogen-bond donors (Lipinski definition) is 1. The predicted molar refractivity (Wildman–Crippen MR) is 82.1 cm³/mol. The van der Waals surface area contributed by atoms with Crippen LogP contribution in [0.4, 0.5) is 5.13 Å². The van der Waals surface area contributed by atoms with E-state index in [1.165, 1.54) is 32.8 Å². The number of ether oxygens (including phenoxy) is 1. The predicted octanol–water partition coefficient (Wildman–Crippen LogP) is 3.49. The lowest BCUT2D eigenvalue weighted by atomic mass is 9.82. The van der Waals surface area contributed by atoms with E-state index in [1.54, 1.807) is 11.3 Å². The number of hydrogen-bond acceptors (Lipinski definition) is 5. The van der Waals surface area contributed by atoms with Crippen LogP contribution in [-0.2, 0) is 16.0 Å². The summed E-state index contributed by atoms with van der Waals surface area (Å²) in [6, 6.07) is 0. The van der Waals surface area contributed by atoms with Gasteiger partial charge < -0.3 is 10.1 Å². The Morgan fingerprint density at radius 1 is 1.55 bits per heavy atom. The van der Waals surface area contributed by atoms with Crippen molar-refractivity contribution in [3.63, 3.8) is 0 Å². The minimum Gasteiger partial charge on any atom is -0.469 e. The van der Waals surface area contributed by atoms with Crippen LogP contribution in [0.2, 0.25) is 0 Å². The van der Waals surface area contributed by atoms with Crippen LogP contribution in [-0.4, -0.2) is 24.6 Å². The summed E-state index contributed by atoms with van der Waals surface area (Å²) in [5, 5.41) is 6.45. The third-order valence-electron chi connectivity index (χ3n) is 3.95. The molecular formula is C15H24N2O2S. The summed E-state index contributed by atoms with van der Waals surface area (Å²) >= 11 is 1.62. The Kier molecular flexibility index (Phi) is 5.83. The van der Waals surface area contributed by atoms with Crippen LogP contribution in [0.1, 0.15) is 44.7 Å². The molecule has 1 aromatic rings. The van der Waals surface area contributed by atoms with Crippen molar-refractivity contribution < 1.29 is 9.53 Å². The highest BCUT2D eigenvalue weighted by Gasteiger charge is 2.18. The summed E-state index contributed by atoms with van der Waals surface area (Å²) in [5.41, 5.74) is 0.972. The molecule has 0 aromatic carbocycles. The van der Waals surface area contributed by atoms with Gasteiger partial charge in [-0.05, 0) is 24.7 Å². The van der Waals surface area contributed by atoms with E-state index in [0.29, 0.717) is 12.8 Å². The average molecular weight is 296 g/mol. The first-order valence-electron chi connectivity index (χ1n) is 7.42. The quantitative estimate of drug-likeness (QED) is 0.816. The second kappa shape index (κ2) is 7.62. The first-order valence-corrected chi connectivity index (χ1v) is 8.30. The molecule has 2 unspecified atom stereocenters. The zero-order valence-electron chi connectivity index (χ0n) is 12.4. The van der Waals surface area contributed by atoms with Gasteiger partial charge in [-0.25, -0.2) is 4.98 Å². The Morgan fingerprint density at radius 2 is 2.40 bits per heavy atom. The van der Waals surface area contributed by atoms with Gasteiger partial charge in [-0.15, -0.1) is 11.3 Å². The van der Waals surface area contributed by atoms with Crippen molar-refractivity contribution in [3.05, 3.63) is 11.1 Å². The number of rotatable bonds is 6. The third-order valence-corrected chi connectivity index (χ3v) is 4.80. The molecule has 1 heterocycles. The van der Waals surface area contributed by atoms with Gasteiger partial charge in [0.25, 0.3) is 0 Å². The molecule has 1 aliphatic carbocycles. The Labute approximate surface area is 124 Å². The molecule has 4 nitrogen and oxygen atoms in total. The molecule has 2 atom stereocenters. The molecular weight excluding hydrogens is 272 g/mol. The number of carbonyl (C=O) groups excluding carboxylic acids is 1.